The van der Waals surface area contributed by atoms with Crippen LogP contribution in [0, 0.1) is 10.8 Å². The second-order valence-electron chi connectivity index (χ2n) is 7.34. The van der Waals surface area contributed by atoms with Crippen molar-refractivity contribution in [3.8, 4) is 0 Å². The first-order valence-electron chi connectivity index (χ1n) is 8.19. The summed E-state index contributed by atoms with van der Waals surface area (Å²) in [5, 5.41) is 3.61. The van der Waals surface area contributed by atoms with Crippen LogP contribution in [-0.2, 0) is 0 Å². The summed E-state index contributed by atoms with van der Waals surface area (Å²) in [6.45, 7) is 9.03. The van der Waals surface area contributed by atoms with Gasteiger partial charge in [-0.2, -0.15) is 0 Å². The van der Waals surface area contributed by atoms with Crippen molar-refractivity contribution in [2.45, 2.75) is 58.3 Å². The second-order valence-corrected chi connectivity index (χ2v) is 7.34. The predicted octanol–water partition coefficient (Wildman–Crippen LogP) is 3.03. The first-order chi connectivity index (χ1) is 8.76. The van der Waals surface area contributed by atoms with Crippen LogP contribution in [0.3, 0.4) is 0 Å². The third-order valence-corrected chi connectivity index (χ3v) is 5.85. The summed E-state index contributed by atoms with van der Waals surface area (Å²) < 4.78 is 0. The molecule has 2 aliphatic heterocycles. The lowest BCUT2D eigenvalue weighted by Gasteiger charge is -2.34. The highest BCUT2D eigenvalue weighted by Gasteiger charge is 2.43. The van der Waals surface area contributed by atoms with E-state index in [1.54, 1.807) is 0 Å². The van der Waals surface area contributed by atoms with Crippen LogP contribution >= 0.6 is 0 Å². The number of hydrogen-bond acceptors (Lipinski definition) is 2. The summed E-state index contributed by atoms with van der Waals surface area (Å²) in [5.41, 5.74) is 1.36. The molecule has 18 heavy (non-hydrogen) atoms. The monoisotopic (exact) mass is 250 g/mol. The van der Waals surface area contributed by atoms with E-state index in [1.807, 2.05) is 0 Å². The maximum Gasteiger partial charge on any atom is 0.00509 e. The van der Waals surface area contributed by atoms with E-state index in [1.165, 1.54) is 84.1 Å². The highest BCUT2D eigenvalue weighted by atomic mass is 15.2. The van der Waals surface area contributed by atoms with Gasteiger partial charge in [-0.3, -0.25) is 0 Å². The van der Waals surface area contributed by atoms with Crippen LogP contribution in [0.15, 0.2) is 0 Å². The van der Waals surface area contributed by atoms with Gasteiger partial charge in [0.1, 0.15) is 0 Å². The van der Waals surface area contributed by atoms with Crippen molar-refractivity contribution in [2.24, 2.45) is 10.8 Å². The molecule has 2 saturated heterocycles. The summed E-state index contributed by atoms with van der Waals surface area (Å²) in [6.07, 6.45) is 11.7. The first kappa shape index (κ1) is 12.9. The number of nitrogens with zero attached hydrogens (tertiary/aromatic N) is 1. The lowest BCUT2D eigenvalue weighted by molar-refractivity contribution is 0.160. The average Bonchev–Trinajstić information content (AvgIpc) is 3.05. The van der Waals surface area contributed by atoms with Crippen LogP contribution in [0.4, 0.5) is 0 Å². The van der Waals surface area contributed by atoms with E-state index in [4.69, 9.17) is 0 Å². The van der Waals surface area contributed by atoms with Crippen molar-refractivity contribution in [2.75, 3.05) is 32.7 Å². The minimum atomic E-state index is 0.610. The average molecular weight is 250 g/mol. The van der Waals surface area contributed by atoms with Gasteiger partial charge in [-0.05, 0) is 56.0 Å². The van der Waals surface area contributed by atoms with Gasteiger partial charge in [0.2, 0.25) is 0 Å². The SMILES string of the molecule is CCCC1(CN2CCC3(CCCC3)C2)CCNC1. The van der Waals surface area contributed by atoms with Gasteiger partial charge in [-0.25, -0.2) is 0 Å². The van der Waals surface area contributed by atoms with Crippen molar-refractivity contribution in [3.05, 3.63) is 0 Å². The molecule has 0 aromatic carbocycles. The van der Waals surface area contributed by atoms with Gasteiger partial charge in [0.15, 0.2) is 0 Å². The maximum atomic E-state index is 3.61. The van der Waals surface area contributed by atoms with Crippen LogP contribution in [0.5, 0.6) is 0 Å². The molecule has 104 valence electrons. The molecular formula is C16H30N2. The Morgan fingerprint density at radius 3 is 2.61 bits per heavy atom. The van der Waals surface area contributed by atoms with Gasteiger partial charge in [-0.1, -0.05) is 26.2 Å². The van der Waals surface area contributed by atoms with Gasteiger partial charge < -0.3 is 10.2 Å². The smallest absolute Gasteiger partial charge is 0.00509 e. The molecular weight excluding hydrogens is 220 g/mol. The van der Waals surface area contributed by atoms with Crippen LogP contribution in [0.25, 0.3) is 0 Å². The van der Waals surface area contributed by atoms with Crippen molar-refractivity contribution in [3.63, 3.8) is 0 Å². The number of rotatable bonds is 4. The predicted molar refractivity (Wildman–Crippen MR) is 76.8 cm³/mol. The van der Waals surface area contributed by atoms with Crippen molar-refractivity contribution >= 4 is 0 Å². The Hall–Kier alpha value is -0.0800. The van der Waals surface area contributed by atoms with Crippen LogP contribution in [-0.4, -0.2) is 37.6 Å². The highest BCUT2D eigenvalue weighted by molar-refractivity contribution is 4.97. The molecule has 3 rings (SSSR count). The van der Waals surface area contributed by atoms with E-state index in [-0.39, 0.29) is 0 Å². The third kappa shape index (κ3) is 2.46. The van der Waals surface area contributed by atoms with E-state index in [0.29, 0.717) is 5.41 Å². The molecule has 0 aromatic heterocycles. The summed E-state index contributed by atoms with van der Waals surface area (Å²) in [4.78, 5) is 2.81. The molecule has 0 aromatic rings. The zero-order valence-electron chi connectivity index (χ0n) is 12.1. The van der Waals surface area contributed by atoms with E-state index < -0.39 is 0 Å². The van der Waals surface area contributed by atoms with E-state index in [9.17, 15) is 0 Å². The summed E-state index contributed by atoms with van der Waals surface area (Å²) >= 11 is 0. The molecule has 1 N–H and O–H groups in total. The third-order valence-electron chi connectivity index (χ3n) is 5.85. The van der Waals surface area contributed by atoms with E-state index in [2.05, 4.69) is 17.1 Å². The lowest BCUT2D eigenvalue weighted by Crippen LogP contribution is -2.39. The molecule has 3 aliphatic rings. The fraction of sp³-hybridized carbons (Fsp3) is 1.00. The normalized spacial score (nSPS) is 35.8. The number of likely N-dealkylation sites (tertiary alicyclic amines) is 1. The largest absolute Gasteiger partial charge is 0.316 e. The van der Waals surface area contributed by atoms with Crippen LogP contribution in [0.2, 0.25) is 0 Å². The fourth-order valence-electron chi connectivity index (χ4n) is 4.92. The second kappa shape index (κ2) is 5.13. The Kier molecular flexibility index (Phi) is 3.68. The standard InChI is InChI=1S/C16H30N2/c1-2-5-16(8-10-17-12-16)14-18-11-9-15(13-18)6-3-4-7-15/h17H,2-14H2,1H3. The maximum absolute atomic E-state index is 3.61. The minimum Gasteiger partial charge on any atom is -0.316 e. The molecule has 0 bridgehead atoms. The topological polar surface area (TPSA) is 15.3 Å². The minimum absolute atomic E-state index is 0.610. The molecule has 1 aliphatic carbocycles. The van der Waals surface area contributed by atoms with Crippen LogP contribution in [0.1, 0.15) is 58.3 Å². The Labute approximate surface area is 113 Å². The Bertz CT molecular complexity index is 275. The molecule has 2 heterocycles. The number of nitrogens with one attached hydrogen (secondary N) is 1. The zero-order valence-corrected chi connectivity index (χ0v) is 12.1. The molecule has 0 radical (unpaired) electrons. The molecule has 1 atom stereocenters. The van der Waals surface area contributed by atoms with Crippen molar-refractivity contribution in [1.29, 1.82) is 0 Å². The lowest BCUT2D eigenvalue weighted by atomic mass is 9.81. The Morgan fingerprint density at radius 1 is 1.11 bits per heavy atom. The molecule has 1 spiro atoms. The molecule has 0 amide bonds. The fourth-order valence-corrected chi connectivity index (χ4v) is 4.92. The zero-order chi connectivity index (χ0) is 12.5. The molecule has 2 nitrogen and oxygen atoms in total. The molecule has 2 heteroatoms. The van der Waals surface area contributed by atoms with Gasteiger partial charge >= 0.3 is 0 Å². The van der Waals surface area contributed by atoms with Crippen molar-refractivity contribution in [1.82, 2.24) is 10.2 Å². The summed E-state index contributed by atoms with van der Waals surface area (Å²) in [6, 6.07) is 0. The quantitative estimate of drug-likeness (QED) is 0.825. The first-order valence-corrected chi connectivity index (χ1v) is 8.19. The van der Waals surface area contributed by atoms with E-state index in [0.717, 1.165) is 5.41 Å². The summed E-state index contributed by atoms with van der Waals surface area (Å²) in [7, 11) is 0. The van der Waals surface area contributed by atoms with Crippen molar-refractivity contribution < 1.29 is 0 Å². The Balaban J connectivity index is 1.59. The molecule has 1 unspecified atom stereocenters. The molecule has 3 fully saturated rings. The van der Waals surface area contributed by atoms with Gasteiger partial charge in [0, 0.05) is 19.6 Å². The summed E-state index contributed by atoms with van der Waals surface area (Å²) in [5.74, 6) is 0. The Morgan fingerprint density at radius 2 is 1.94 bits per heavy atom. The van der Waals surface area contributed by atoms with Gasteiger partial charge in [0.25, 0.3) is 0 Å². The highest BCUT2D eigenvalue weighted by Crippen LogP contribution is 2.46. The van der Waals surface area contributed by atoms with Gasteiger partial charge in [0.05, 0.1) is 0 Å². The molecule has 1 saturated carbocycles. The number of hydrogen-bond donors (Lipinski definition) is 1. The van der Waals surface area contributed by atoms with E-state index >= 15 is 0 Å². The van der Waals surface area contributed by atoms with Crippen LogP contribution < -0.4 is 5.32 Å². The van der Waals surface area contributed by atoms with Gasteiger partial charge in [-0.15, -0.1) is 0 Å².